The molecule has 116 valence electrons. The van der Waals surface area contributed by atoms with Crippen molar-refractivity contribution in [1.82, 2.24) is 10.1 Å². The summed E-state index contributed by atoms with van der Waals surface area (Å²) in [5.74, 6) is -1.16. The maximum absolute atomic E-state index is 13.7. The number of ether oxygens (including phenoxy) is 1. The second-order valence-electron chi connectivity index (χ2n) is 4.58. The molecule has 0 saturated heterocycles. The zero-order valence-corrected chi connectivity index (χ0v) is 11.8. The maximum Gasteiger partial charge on any atom is 0.339 e. The molecule has 0 amide bonds. The zero-order valence-electron chi connectivity index (χ0n) is 11.8. The standard InChI is InChI=1S/C16H11FN2O4/c17-12-7-3-1-5-10(12)15-18-14(23-19-15)9-22-13-8-4-2-6-11(13)16(20)21/h1-8H,9H2,(H,20,21). The predicted octanol–water partition coefficient (Wildman–Crippen LogP) is 3.15. The minimum absolute atomic E-state index is 0.0290. The summed E-state index contributed by atoms with van der Waals surface area (Å²) in [7, 11) is 0. The molecule has 0 bridgehead atoms. The number of aromatic nitrogens is 2. The van der Waals surface area contributed by atoms with E-state index in [0.29, 0.717) is 0 Å². The molecule has 0 unspecified atom stereocenters. The van der Waals surface area contributed by atoms with E-state index >= 15 is 0 Å². The van der Waals surface area contributed by atoms with Gasteiger partial charge in [0.05, 0.1) is 5.56 Å². The summed E-state index contributed by atoms with van der Waals surface area (Å²) in [5, 5.41) is 12.8. The van der Waals surface area contributed by atoms with E-state index in [1.54, 1.807) is 24.3 Å². The van der Waals surface area contributed by atoms with E-state index in [0.717, 1.165) is 0 Å². The monoisotopic (exact) mass is 314 g/mol. The maximum atomic E-state index is 13.7. The van der Waals surface area contributed by atoms with E-state index in [1.165, 1.54) is 24.3 Å². The van der Waals surface area contributed by atoms with Crippen LogP contribution in [0.3, 0.4) is 0 Å². The van der Waals surface area contributed by atoms with Gasteiger partial charge in [0.15, 0.2) is 6.61 Å². The van der Waals surface area contributed by atoms with Crippen LogP contribution in [-0.2, 0) is 6.61 Å². The Morgan fingerprint density at radius 3 is 2.70 bits per heavy atom. The number of para-hydroxylation sites is 1. The molecular formula is C16H11FN2O4. The number of nitrogens with zero attached hydrogens (tertiary/aromatic N) is 2. The van der Waals surface area contributed by atoms with E-state index in [9.17, 15) is 9.18 Å². The Morgan fingerprint density at radius 1 is 1.17 bits per heavy atom. The third-order valence-electron chi connectivity index (χ3n) is 3.05. The highest BCUT2D eigenvalue weighted by molar-refractivity contribution is 5.90. The average Bonchev–Trinajstić information content (AvgIpc) is 3.02. The van der Waals surface area contributed by atoms with Gasteiger partial charge in [-0.3, -0.25) is 0 Å². The molecule has 0 spiro atoms. The number of aromatic carboxylic acids is 1. The topological polar surface area (TPSA) is 85.5 Å². The summed E-state index contributed by atoms with van der Waals surface area (Å²) in [5.41, 5.74) is 0.245. The molecule has 6 nitrogen and oxygen atoms in total. The normalized spacial score (nSPS) is 10.5. The number of benzene rings is 2. The summed E-state index contributed by atoms with van der Waals surface area (Å²) in [4.78, 5) is 15.1. The number of rotatable bonds is 5. The van der Waals surface area contributed by atoms with Crippen LogP contribution >= 0.6 is 0 Å². The van der Waals surface area contributed by atoms with Crippen LogP contribution in [-0.4, -0.2) is 21.2 Å². The van der Waals surface area contributed by atoms with Crippen LogP contribution in [0.4, 0.5) is 4.39 Å². The molecule has 7 heteroatoms. The molecule has 0 aliphatic rings. The van der Waals surface area contributed by atoms with Crippen molar-refractivity contribution in [2.45, 2.75) is 6.61 Å². The van der Waals surface area contributed by atoms with Gasteiger partial charge in [0.1, 0.15) is 17.1 Å². The van der Waals surface area contributed by atoms with E-state index < -0.39 is 11.8 Å². The van der Waals surface area contributed by atoms with Gasteiger partial charge in [-0.25, -0.2) is 9.18 Å². The molecule has 2 aromatic carbocycles. The first-order chi connectivity index (χ1) is 11.1. The molecule has 23 heavy (non-hydrogen) atoms. The highest BCUT2D eigenvalue weighted by Gasteiger charge is 2.14. The Kier molecular flexibility index (Phi) is 4.01. The lowest BCUT2D eigenvalue weighted by atomic mass is 10.2. The highest BCUT2D eigenvalue weighted by atomic mass is 19.1. The van der Waals surface area contributed by atoms with Crippen molar-refractivity contribution in [3.8, 4) is 17.1 Å². The molecule has 0 fully saturated rings. The van der Waals surface area contributed by atoms with Crippen molar-refractivity contribution < 1.29 is 23.6 Å². The number of carbonyl (C=O) groups is 1. The van der Waals surface area contributed by atoms with Crippen molar-refractivity contribution >= 4 is 5.97 Å². The molecule has 1 aromatic heterocycles. The second-order valence-corrected chi connectivity index (χ2v) is 4.58. The lowest BCUT2D eigenvalue weighted by molar-refractivity contribution is 0.0691. The highest BCUT2D eigenvalue weighted by Crippen LogP contribution is 2.21. The lowest BCUT2D eigenvalue weighted by Crippen LogP contribution is -2.03. The molecule has 3 aromatic rings. The second kappa shape index (κ2) is 6.27. The van der Waals surface area contributed by atoms with E-state index in [-0.39, 0.29) is 35.2 Å². The fourth-order valence-electron chi connectivity index (χ4n) is 1.97. The van der Waals surface area contributed by atoms with Crippen molar-refractivity contribution in [1.29, 1.82) is 0 Å². The number of carboxylic acid groups (broad SMARTS) is 1. The van der Waals surface area contributed by atoms with Crippen LogP contribution in [0.5, 0.6) is 5.75 Å². The first-order valence-electron chi connectivity index (χ1n) is 6.68. The molecule has 1 heterocycles. The van der Waals surface area contributed by atoms with Gasteiger partial charge >= 0.3 is 5.97 Å². The van der Waals surface area contributed by atoms with Gasteiger partial charge in [-0.15, -0.1) is 0 Å². The van der Waals surface area contributed by atoms with Crippen LogP contribution in [0.2, 0.25) is 0 Å². The Morgan fingerprint density at radius 2 is 1.91 bits per heavy atom. The average molecular weight is 314 g/mol. The van der Waals surface area contributed by atoms with E-state index in [2.05, 4.69) is 10.1 Å². The van der Waals surface area contributed by atoms with Crippen molar-refractivity contribution in [3.05, 3.63) is 65.8 Å². The minimum Gasteiger partial charge on any atom is -0.483 e. The molecule has 1 N–H and O–H groups in total. The quantitative estimate of drug-likeness (QED) is 0.778. The summed E-state index contributed by atoms with van der Waals surface area (Å²) >= 11 is 0. The van der Waals surface area contributed by atoms with Gasteiger partial charge in [-0.1, -0.05) is 29.4 Å². The molecule has 0 atom stereocenters. The minimum atomic E-state index is -1.10. The van der Waals surface area contributed by atoms with Crippen LogP contribution < -0.4 is 4.74 Å². The third-order valence-corrected chi connectivity index (χ3v) is 3.05. The molecule has 0 saturated carbocycles. The van der Waals surface area contributed by atoms with E-state index in [4.69, 9.17) is 14.4 Å². The van der Waals surface area contributed by atoms with Crippen molar-refractivity contribution in [2.75, 3.05) is 0 Å². The summed E-state index contributed by atoms with van der Waals surface area (Å²) in [6.07, 6.45) is 0. The van der Waals surface area contributed by atoms with E-state index in [1.807, 2.05) is 0 Å². The number of hydrogen-bond acceptors (Lipinski definition) is 5. The zero-order chi connectivity index (χ0) is 16.2. The van der Waals surface area contributed by atoms with Gasteiger partial charge in [-0.2, -0.15) is 4.98 Å². The van der Waals surface area contributed by atoms with Gasteiger partial charge in [0.2, 0.25) is 5.82 Å². The number of halogens is 1. The Bertz CT molecular complexity index is 847. The van der Waals surface area contributed by atoms with Gasteiger partial charge in [-0.05, 0) is 24.3 Å². The molecular weight excluding hydrogens is 303 g/mol. The summed E-state index contributed by atoms with van der Waals surface area (Å²) < 4.78 is 24.0. The fourth-order valence-corrected chi connectivity index (χ4v) is 1.97. The number of hydrogen-bond donors (Lipinski definition) is 1. The Balaban J connectivity index is 1.76. The first kappa shape index (κ1) is 14.7. The molecule has 0 aliphatic carbocycles. The SMILES string of the molecule is O=C(O)c1ccccc1OCc1nc(-c2ccccc2F)no1. The van der Waals surface area contributed by atoms with Crippen LogP contribution in [0.15, 0.2) is 53.1 Å². The predicted molar refractivity (Wildman–Crippen MR) is 77.4 cm³/mol. The number of carboxylic acids is 1. The van der Waals surface area contributed by atoms with Crippen LogP contribution in [0.25, 0.3) is 11.4 Å². The van der Waals surface area contributed by atoms with Gasteiger partial charge < -0.3 is 14.4 Å². The van der Waals surface area contributed by atoms with Gasteiger partial charge in [0.25, 0.3) is 5.89 Å². The van der Waals surface area contributed by atoms with Gasteiger partial charge in [0, 0.05) is 0 Å². The first-order valence-corrected chi connectivity index (χ1v) is 6.68. The van der Waals surface area contributed by atoms with Crippen molar-refractivity contribution in [2.24, 2.45) is 0 Å². The Hall–Kier alpha value is -3.22. The molecule has 0 radical (unpaired) electrons. The summed E-state index contributed by atoms with van der Waals surface area (Å²) in [6.45, 7) is -0.119. The smallest absolute Gasteiger partial charge is 0.339 e. The van der Waals surface area contributed by atoms with Crippen molar-refractivity contribution in [3.63, 3.8) is 0 Å². The lowest BCUT2D eigenvalue weighted by Gasteiger charge is -2.06. The van der Waals surface area contributed by atoms with Crippen LogP contribution in [0, 0.1) is 5.82 Å². The van der Waals surface area contributed by atoms with Crippen LogP contribution in [0.1, 0.15) is 16.2 Å². The summed E-state index contributed by atoms with van der Waals surface area (Å²) in [6, 6.07) is 12.3. The largest absolute Gasteiger partial charge is 0.483 e. The molecule has 3 rings (SSSR count). The Labute approximate surface area is 130 Å². The fraction of sp³-hybridized carbons (Fsp3) is 0.0625. The third kappa shape index (κ3) is 3.18. The molecule has 0 aliphatic heterocycles.